The number of hydrogen-bond acceptors (Lipinski definition) is 3. The maximum absolute atomic E-state index is 13.6. The summed E-state index contributed by atoms with van der Waals surface area (Å²) >= 11 is 1.63. The van der Waals surface area contributed by atoms with Crippen LogP contribution in [0.3, 0.4) is 0 Å². The number of carbonyl (C=O) groups is 2. The van der Waals surface area contributed by atoms with E-state index in [4.69, 9.17) is 0 Å². The molecule has 1 atom stereocenters. The highest BCUT2D eigenvalue weighted by Crippen LogP contribution is 2.35. The summed E-state index contributed by atoms with van der Waals surface area (Å²) in [5.74, 6) is -0.115. The lowest BCUT2D eigenvalue weighted by Gasteiger charge is -2.45. The second-order valence-corrected chi connectivity index (χ2v) is 9.69. The fraction of sp³-hybridized carbons (Fsp3) is 0.417. The molecule has 1 aromatic carbocycles. The number of aromatic nitrogens is 1. The van der Waals surface area contributed by atoms with Gasteiger partial charge in [0, 0.05) is 12.6 Å². The van der Waals surface area contributed by atoms with E-state index in [2.05, 4.69) is 5.32 Å². The van der Waals surface area contributed by atoms with Gasteiger partial charge in [0.15, 0.2) is 0 Å². The smallest absolute Gasteiger partial charge is 0.271 e. The molecule has 156 valence electrons. The first-order valence-electron chi connectivity index (χ1n) is 10.8. The molecule has 2 aromatic heterocycles. The Labute approximate surface area is 180 Å². The highest BCUT2D eigenvalue weighted by molar-refractivity contribution is 7.17. The standard InChI is InChI=1S/C24H27N3O2S/c1-24(23(29)25-18-10-6-3-7-11-18)16-26-19-12-13-30-21(19)14-20(26)22(28)27(24)15-17-8-4-2-5-9-17/h2,4-5,8-9,12-14,18H,3,6-7,10-11,15-16H2,1H3,(H,25,29)/t24-/m1/s1. The van der Waals surface area contributed by atoms with E-state index in [0.29, 0.717) is 18.8 Å². The lowest BCUT2D eigenvalue weighted by molar-refractivity contribution is -0.134. The average molecular weight is 422 g/mol. The molecule has 0 spiro atoms. The number of nitrogens with one attached hydrogen (secondary N) is 1. The van der Waals surface area contributed by atoms with Crippen LogP contribution in [0.25, 0.3) is 10.2 Å². The molecule has 1 aliphatic heterocycles. The van der Waals surface area contributed by atoms with Crippen molar-refractivity contribution in [1.29, 1.82) is 0 Å². The second-order valence-electron chi connectivity index (χ2n) is 8.74. The summed E-state index contributed by atoms with van der Waals surface area (Å²) in [5.41, 5.74) is 1.81. The van der Waals surface area contributed by atoms with Gasteiger partial charge in [0.2, 0.25) is 5.91 Å². The van der Waals surface area contributed by atoms with Gasteiger partial charge in [-0.3, -0.25) is 9.59 Å². The molecular weight excluding hydrogens is 394 g/mol. The second kappa shape index (κ2) is 7.58. The average Bonchev–Trinajstić information content (AvgIpc) is 3.35. The fourth-order valence-corrected chi connectivity index (χ4v) is 5.70. The van der Waals surface area contributed by atoms with Crippen LogP contribution in [-0.2, 0) is 17.9 Å². The lowest BCUT2D eigenvalue weighted by atomic mass is 9.91. The topological polar surface area (TPSA) is 54.3 Å². The normalized spacial score (nSPS) is 22.3. The minimum atomic E-state index is -0.939. The lowest BCUT2D eigenvalue weighted by Crippen LogP contribution is -2.64. The van der Waals surface area contributed by atoms with Crippen molar-refractivity contribution < 1.29 is 9.59 Å². The predicted octanol–water partition coefficient (Wildman–Crippen LogP) is 4.57. The first-order chi connectivity index (χ1) is 14.6. The Morgan fingerprint density at radius 3 is 2.70 bits per heavy atom. The van der Waals surface area contributed by atoms with Crippen LogP contribution in [0.1, 0.15) is 55.1 Å². The van der Waals surface area contributed by atoms with E-state index in [1.54, 1.807) is 16.2 Å². The third kappa shape index (κ3) is 3.23. The largest absolute Gasteiger partial charge is 0.351 e. The summed E-state index contributed by atoms with van der Waals surface area (Å²) < 4.78 is 3.13. The highest BCUT2D eigenvalue weighted by atomic mass is 32.1. The molecule has 0 radical (unpaired) electrons. The van der Waals surface area contributed by atoms with Crippen LogP contribution in [-0.4, -0.2) is 32.9 Å². The monoisotopic (exact) mass is 421 g/mol. The summed E-state index contributed by atoms with van der Waals surface area (Å²) in [5, 5.41) is 5.33. The Kier molecular flexibility index (Phi) is 4.89. The van der Waals surface area contributed by atoms with E-state index in [-0.39, 0.29) is 17.9 Å². The third-order valence-corrected chi connectivity index (χ3v) is 7.51. The van der Waals surface area contributed by atoms with Crippen LogP contribution >= 0.6 is 11.3 Å². The van der Waals surface area contributed by atoms with Gasteiger partial charge >= 0.3 is 0 Å². The quantitative estimate of drug-likeness (QED) is 0.671. The molecule has 0 saturated heterocycles. The van der Waals surface area contributed by atoms with Gasteiger partial charge < -0.3 is 14.8 Å². The molecule has 3 aromatic rings. The van der Waals surface area contributed by atoms with Crippen LogP contribution in [0.15, 0.2) is 47.8 Å². The minimum Gasteiger partial charge on any atom is -0.351 e. The molecule has 1 fully saturated rings. The van der Waals surface area contributed by atoms with Crippen molar-refractivity contribution >= 4 is 33.4 Å². The van der Waals surface area contributed by atoms with Crippen molar-refractivity contribution in [1.82, 2.24) is 14.8 Å². The van der Waals surface area contributed by atoms with E-state index in [9.17, 15) is 9.59 Å². The number of thiophene rings is 1. The van der Waals surface area contributed by atoms with E-state index in [1.165, 1.54) is 6.42 Å². The number of amides is 2. The predicted molar refractivity (Wildman–Crippen MR) is 120 cm³/mol. The summed E-state index contributed by atoms with van der Waals surface area (Å²) in [6.45, 7) is 2.82. The number of carbonyl (C=O) groups excluding carboxylic acids is 2. The Balaban J connectivity index is 1.53. The molecule has 6 heteroatoms. The fourth-order valence-electron chi connectivity index (χ4n) is 4.87. The van der Waals surface area contributed by atoms with Crippen molar-refractivity contribution in [3.05, 3.63) is 59.1 Å². The third-order valence-electron chi connectivity index (χ3n) is 6.66. The molecule has 1 saturated carbocycles. The van der Waals surface area contributed by atoms with E-state index >= 15 is 0 Å². The molecule has 5 nitrogen and oxygen atoms in total. The minimum absolute atomic E-state index is 0.0404. The Bertz CT molecular complexity index is 1080. The molecule has 0 unspecified atom stereocenters. The van der Waals surface area contributed by atoms with Gasteiger partial charge in [0.05, 0.1) is 16.8 Å². The zero-order chi connectivity index (χ0) is 20.7. The van der Waals surface area contributed by atoms with Gasteiger partial charge in [-0.1, -0.05) is 49.6 Å². The van der Waals surface area contributed by atoms with E-state index in [0.717, 1.165) is 41.5 Å². The van der Waals surface area contributed by atoms with Gasteiger partial charge in [0.25, 0.3) is 5.91 Å². The molecule has 0 bridgehead atoms. The number of fused-ring (bicyclic) bond motifs is 3. The molecule has 1 aliphatic carbocycles. The van der Waals surface area contributed by atoms with E-state index in [1.807, 2.05) is 59.3 Å². The van der Waals surface area contributed by atoms with Crippen LogP contribution < -0.4 is 5.32 Å². The molecule has 3 heterocycles. The van der Waals surface area contributed by atoms with Crippen molar-refractivity contribution in [2.24, 2.45) is 0 Å². The van der Waals surface area contributed by atoms with Crippen LogP contribution in [0.4, 0.5) is 0 Å². The van der Waals surface area contributed by atoms with Gasteiger partial charge in [-0.05, 0) is 42.8 Å². The SMILES string of the molecule is C[C@]1(C(=O)NC2CCCCC2)Cn2c(cc3sccc32)C(=O)N1Cc1ccccc1. The number of benzene rings is 1. The van der Waals surface area contributed by atoms with Crippen molar-refractivity contribution in [2.75, 3.05) is 0 Å². The zero-order valence-electron chi connectivity index (χ0n) is 17.3. The maximum atomic E-state index is 13.6. The molecule has 1 N–H and O–H groups in total. The summed E-state index contributed by atoms with van der Waals surface area (Å²) in [6, 6.07) is 14.2. The highest BCUT2D eigenvalue weighted by Gasteiger charge is 2.48. The summed E-state index contributed by atoms with van der Waals surface area (Å²) in [4.78, 5) is 29.0. The van der Waals surface area contributed by atoms with Crippen LogP contribution in [0.2, 0.25) is 0 Å². The number of hydrogen-bond donors (Lipinski definition) is 1. The first-order valence-corrected chi connectivity index (χ1v) is 11.7. The molecule has 30 heavy (non-hydrogen) atoms. The van der Waals surface area contributed by atoms with Crippen molar-refractivity contribution in [2.45, 2.75) is 63.7 Å². The number of rotatable bonds is 4. The van der Waals surface area contributed by atoms with Crippen molar-refractivity contribution in [3.8, 4) is 0 Å². The first kappa shape index (κ1) is 19.4. The van der Waals surface area contributed by atoms with E-state index < -0.39 is 5.54 Å². The molecule has 2 amide bonds. The van der Waals surface area contributed by atoms with Gasteiger partial charge in [-0.2, -0.15) is 0 Å². The van der Waals surface area contributed by atoms with Crippen LogP contribution in [0, 0.1) is 0 Å². The molecule has 2 aliphatic rings. The van der Waals surface area contributed by atoms with Crippen LogP contribution in [0.5, 0.6) is 0 Å². The Morgan fingerprint density at radius 2 is 1.93 bits per heavy atom. The Morgan fingerprint density at radius 1 is 1.17 bits per heavy atom. The summed E-state index contributed by atoms with van der Waals surface area (Å²) in [6.07, 6.45) is 5.61. The van der Waals surface area contributed by atoms with Crippen molar-refractivity contribution in [3.63, 3.8) is 0 Å². The molecule has 5 rings (SSSR count). The molecular formula is C24H27N3O2S. The maximum Gasteiger partial charge on any atom is 0.271 e. The van der Waals surface area contributed by atoms with Gasteiger partial charge in [-0.15, -0.1) is 11.3 Å². The number of nitrogens with zero attached hydrogens (tertiary/aromatic N) is 2. The van der Waals surface area contributed by atoms with Gasteiger partial charge in [-0.25, -0.2) is 0 Å². The Hall–Kier alpha value is -2.60. The summed E-state index contributed by atoms with van der Waals surface area (Å²) in [7, 11) is 0. The van der Waals surface area contributed by atoms with Gasteiger partial charge in [0.1, 0.15) is 11.2 Å². The zero-order valence-corrected chi connectivity index (χ0v) is 18.1.